The lowest BCUT2D eigenvalue weighted by molar-refractivity contribution is 0.451. The van der Waals surface area contributed by atoms with Crippen LogP contribution in [0.3, 0.4) is 0 Å². The van der Waals surface area contributed by atoms with E-state index in [1.165, 1.54) is 23.5 Å². The van der Waals surface area contributed by atoms with Crippen LogP contribution in [0.25, 0.3) is 0 Å². The molecule has 21 heavy (non-hydrogen) atoms. The number of aryl methyl sites for hydroxylation is 1. The molecule has 0 saturated carbocycles. The second kappa shape index (κ2) is 5.92. The Balaban J connectivity index is 2.31. The van der Waals surface area contributed by atoms with Crippen LogP contribution in [0.1, 0.15) is 11.4 Å². The van der Waals surface area contributed by atoms with E-state index in [-0.39, 0.29) is 23.5 Å². The lowest BCUT2D eigenvalue weighted by atomic mass is 10.2. The minimum atomic E-state index is -3.72. The molecule has 1 aromatic carbocycles. The van der Waals surface area contributed by atoms with E-state index in [0.29, 0.717) is 5.82 Å². The normalized spacial score (nSPS) is 12.0. The van der Waals surface area contributed by atoms with Crippen molar-refractivity contribution in [3.63, 3.8) is 0 Å². The predicted octanol–water partition coefficient (Wildman–Crippen LogP) is 0.839. The van der Waals surface area contributed by atoms with Crippen LogP contribution in [0.2, 0.25) is 0 Å². The number of nitrogens with two attached hydrogens (primary N) is 1. The van der Waals surface area contributed by atoms with E-state index in [9.17, 15) is 12.8 Å². The fourth-order valence-corrected chi connectivity index (χ4v) is 3.06. The average Bonchev–Trinajstić information content (AvgIpc) is 2.84. The van der Waals surface area contributed by atoms with Crippen molar-refractivity contribution in [2.24, 2.45) is 12.8 Å². The Bertz CT molecular complexity index is 742. The quantitative estimate of drug-likeness (QED) is 0.887. The highest BCUT2D eigenvalue weighted by molar-refractivity contribution is 7.89. The molecule has 114 valence electrons. The number of rotatable bonds is 5. The Hall–Kier alpha value is -1.77. The van der Waals surface area contributed by atoms with Gasteiger partial charge in [-0.05, 0) is 18.2 Å². The molecule has 0 atom stereocenters. The van der Waals surface area contributed by atoms with Crippen LogP contribution in [0.15, 0.2) is 35.5 Å². The molecule has 2 rings (SSSR count). The van der Waals surface area contributed by atoms with Crippen molar-refractivity contribution in [3.8, 4) is 0 Å². The molecule has 1 heterocycles. The van der Waals surface area contributed by atoms with Gasteiger partial charge in [-0.25, -0.2) is 17.8 Å². The van der Waals surface area contributed by atoms with Crippen molar-refractivity contribution in [1.82, 2.24) is 13.9 Å². The Morgan fingerprint density at radius 1 is 1.43 bits per heavy atom. The Morgan fingerprint density at radius 2 is 2.14 bits per heavy atom. The zero-order valence-corrected chi connectivity index (χ0v) is 12.6. The lowest BCUT2D eigenvalue weighted by Crippen LogP contribution is -2.28. The number of sulfonamides is 1. The van der Waals surface area contributed by atoms with Crippen LogP contribution in [-0.2, 0) is 30.2 Å². The molecule has 2 aromatic rings. The van der Waals surface area contributed by atoms with Gasteiger partial charge in [-0.2, -0.15) is 4.31 Å². The number of imidazole rings is 1. The maximum absolute atomic E-state index is 13.4. The minimum absolute atomic E-state index is 0.0149. The predicted molar refractivity (Wildman–Crippen MR) is 76.2 cm³/mol. The van der Waals surface area contributed by atoms with Crippen LogP contribution in [0, 0.1) is 5.82 Å². The summed E-state index contributed by atoms with van der Waals surface area (Å²) in [6.07, 6.45) is 3.33. The number of aromatic nitrogens is 2. The first-order valence-corrected chi connectivity index (χ1v) is 7.71. The van der Waals surface area contributed by atoms with Gasteiger partial charge in [0.1, 0.15) is 11.6 Å². The first kappa shape index (κ1) is 15.6. The van der Waals surface area contributed by atoms with E-state index in [2.05, 4.69) is 4.98 Å². The summed E-state index contributed by atoms with van der Waals surface area (Å²) in [6.45, 7) is 0.0689. The molecule has 8 heteroatoms. The summed E-state index contributed by atoms with van der Waals surface area (Å²) < 4.78 is 41.3. The summed E-state index contributed by atoms with van der Waals surface area (Å²) in [5.41, 5.74) is 5.57. The zero-order chi connectivity index (χ0) is 15.6. The standard InChI is InChI=1S/C13H17FN4O2S/c1-17-6-5-16-13(17)9-18(2)21(19,20)11-3-4-12(14)10(7-11)8-15/h3-7H,8-9,15H2,1-2H3. The number of benzene rings is 1. The second-order valence-electron chi connectivity index (χ2n) is 4.67. The molecule has 0 aliphatic rings. The van der Waals surface area contributed by atoms with Crippen LogP contribution in [0.5, 0.6) is 0 Å². The van der Waals surface area contributed by atoms with E-state index in [0.717, 1.165) is 6.07 Å². The van der Waals surface area contributed by atoms with E-state index >= 15 is 0 Å². The van der Waals surface area contributed by atoms with Crippen LogP contribution in [0.4, 0.5) is 4.39 Å². The van der Waals surface area contributed by atoms with Gasteiger partial charge in [-0.1, -0.05) is 0 Å². The Kier molecular flexibility index (Phi) is 4.40. The third kappa shape index (κ3) is 3.12. The topological polar surface area (TPSA) is 81.2 Å². The molecule has 0 fully saturated rings. The van der Waals surface area contributed by atoms with Gasteiger partial charge in [0.05, 0.1) is 11.4 Å². The summed E-state index contributed by atoms with van der Waals surface area (Å²) >= 11 is 0. The number of halogens is 1. The summed E-state index contributed by atoms with van der Waals surface area (Å²) in [7, 11) is -0.485. The van der Waals surface area contributed by atoms with Crippen LogP contribution in [-0.4, -0.2) is 29.3 Å². The summed E-state index contributed by atoms with van der Waals surface area (Å²) in [6, 6.07) is 3.61. The molecule has 6 nitrogen and oxygen atoms in total. The fraction of sp³-hybridized carbons (Fsp3) is 0.308. The highest BCUT2D eigenvalue weighted by Crippen LogP contribution is 2.19. The maximum Gasteiger partial charge on any atom is 0.243 e. The average molecular weight is 312 g/mol. The molecule has 1 aromatic heterocycles. The zero-order valence-electron chi connectivity index (χ0n) is 11.8. The van der Waals surface area contributed by atoms with Gasteiger partial charge in [0.2, 0.25) is 10.0 Å². The number of nitrogens with zero attached hydrogens (tertiary/aromatic N) is 3. The molecule has 0 aliphatic heterocycles. The van der Waals surface area contributed by atoms with Gasteiger partial charge >= 0.3 is 0 Å². The van der Waals surface area contributed by atoms with Crippen LogP contribution >= 0.6 is 0 Å². The molecule has 0 unspecified atom stereocenters. The smallest absolute Gasteiger partial charge is 0.243 e. The Labute approximate surface area is 123 Å². The molecule has 0 aliphatic carbocycles. The van der Waals surface area contributed by atoms with E-state index in [1.807, 2.05) is 0 Å². The molecular formula is C13H17FN4O2S. The van der Waals surface area contributed by atoms with Crippen molar-refractivity contribution < 1.29 is 12.8 Å². The van der Waals surface area contributed by atoms with Gasteiger partial charge in [0.15, 0.2) is 0 Å². The molecule has 2 N–H and O–H groups in total. The van der Waals surface area contributed by atoms with E-state index in [4.69, 9.17) is 5.73 Å². The third-order valence-electron chi connectivity index (χ3n) is 3.23. The maximum atomic E-state index is 13.4. The van der Waals surface area contributed by atoms with Crippen molar-refractivity contribution in [1.29, 1.82) is 0 Å². The monoisotopic (exact) mass is 312 g/mol. The minimum Gasteiger partial charge on any atom is -0.337 e. The first-order chi connectivity index (χ1) is 9.86. The van der Waals surface area contributed by atoms with Gasteiger partial charge in [-0.15, -0.1) is 0 Å². The Morgan fingerprint density at radius 3 is 2.71 bits per heavy atom. The highest BCUT2D eigenvalue weighted by atomic mass is 32.2. The summed E-state index contributed by atoms with van der Waals surface area (Å²) in [5.74, 6) is 0.102. The van der Waals surface area contributed by atoms with Crippen LogP contribution < -0.4 is 5.73 Å². The van der Waals surface area contributed by atoms with E-state index < -0.39 is 15.8 Å². The molecule has 0 spiro atoms. The molecule has 0 radical (unpaired) electrons. The van der Waals surface area contributed by atoms with Gasteiger partial charge in [0, 0.05) is 38.6 Å². The van der Waals surface area contributed by atoms with Gasteiger partial charge < -0.3 is 10.3 Å². The fourth-order valence-electron chi connectivity index (χ4n) is 1.88. The third-order valence-corrected chi connectivity index (χ3v) is 5.03. The summed E-state index contributed by atoms with van der Waals surface area (Å²) in [4.78, 5) is 4.10. The number of hydrogen-bond acceptors (Lipinski definition) is 4. The summed E-state index contributed by atoms with van der Waals surface area (Å²) in [5, 5.41) is 0. The number of hydrogen-bond donors (Lipinski definition) is 1. The van der Waals surface area contributed by atoms with Gasteiger partial charge in [0.25, 0.3) is 0 Å². The molecule has 0 saturated heterocycles. The van der Waals surface area contributed by atoms with Crippen molar-refractivity contribution in [3.05, 3.63) is 47.8 Å². The molecule has 0 bridgehead atoms. The lowest BCUT2D eigenvalue weighted by Gasteiger charge is -2.17. The largest absolute Gasteiger partial charge is 0.337 e. The van der Waals surface area contributed by atoms with Crippen molar-refractivity contribution in [2.75, 3.05) is 7.05 Å². The second-order valence-corrected chi connectivity index (χ2v) is 6.72. The van der Waals surface area contributed by atoms with E-state index in [1.54, 1.807) is 24.0 Å². The van der Waals surface area contributed by atoms with Crippen molar-refractivity contribution >= 4 is 10.0 Å². The first-order valence-electron chi connectivity index (χ1n) is 6.27. The molecule has 0 amide bonds. The molecular weight excluding hydrogens is 295 g/mol. The van der Waals surface area contributed by atoms with Gasteiger partial charge in [-0.3, -0.25) is 0 Å². The SMILES string of the molecule is CN(Cc1nccn1C)S(=O)(=O)c1ccc(F)c(CN)c1. The van der Waals surface area contributed by atoms with Crippen molar-refractivity contribution in [2.45, 2.75) is 18.0 Å². The highest BCUT2D eigenvalue weighted by Gasteiger charge is 2.23.